The van der Waals surface area contributed by atoms with Crippen LogP contribution < -0.4 is 11.1 Å². The maximum absolute atomic E-state index is 12.7. The molecule has 106 valence electrons. The van der Waals surface area contributed by atoms with Crippen LogP contribution in [0.4, 0.5) is 30.5 Å². The number of halogens is 5. The summed E-state index contributed by atoms with van der Waals surface area (Å²) in [5.74, 6) is 0.411. The molecule has 0 aliphatic heterocycles. The van der Waals surface area contributed by atoms with Gasteiger partial charge in [0, 0.05) is 10.7 Å². The summed E-state index contributed by atoms with van der Waals surface area (Å²) in [5, 5.41) is 2.66. The van der Waals surface area contributed by atoms with Gasteiger partial charge in [0.05, 0.1) is 5.56 Å². The third-order valence-electron chi connectivity index (χ3n) is 2.30. The first-order chi connectivity index (χ1) is 9.27. The minimum absolute atomic E-state index is 0.0412. The van der Waals surface area contributed by atoms with Gasteiger partial charge in [-0.1, -0.05) is 11.6 Å². The highest BCUT2D eigenvalue weighted by Crippen LogP contribution is 2.35. The van der Waals surface area contributed by atoms with Gasteiger partial charge in [0.1, 0.15) is 22.4 Å². The van der Waals surface area contributed by atoms with E-state index >= 15 is 0 Å². The fraction of sp³-hybridized carbons (Fsp3) is 0.0909. The van der Waals surface area contributed by atoms with Gasteiger partial charge in [-0.25, -0.2) is 9.97 Å². The Hall–Kier alpha value is -1.54. The molecule has 0 atom stereocenters. The van der Waals surface area contributed by atoms with E-state index in [9.17, 15) is 13.2 Å². The molecule has 1 aromatic carbocycles. The van der Waals surface area contributed by atoms with Crippen molar-refractivity contribution >= 4 is 44.9 Å². The first-order valence-corrected chi connectivity index (χ1v) is 6.35. The molecule has 3 N–H and O–H groups in total. The van der Waals surface area contributed by atoms with E-state index in [0.29, 0.717) is 4.47 Å². The molecule has 1 heterocycles. The quantitative estimate of drug-likeness (QED) is 0.833. The van der Waals surface area contributed by atoms with E-state index < -0.39 is 11.7 Å². The number of nitrogen functional groups attached to an aromatic ring is 1. The van der Waals surface area contributed by atoms with Crippen LogP contribution in [0.1, 0.15) is 5.56 Å². The lowest BCUT2D eigenvalue weighted by molar-refractivity contribution is -0.137. The van der Waals surface area contributed by atoms with Crippen LogP contribution in [0.3, 0.4) is 0 Å². The largest absolute Gasteiger partial charge is 0.416 e. The molecule has 0 bridgehead atoms. The van der Waals surface area contributed by atoms with Crippen LogP contribution >= 0.6 is 27.5 Å². The summed E-state index contributed by atoms with van der Waals surface area (Å²) < 4.78 is 38.4. The molecule has 2 aromatic rings. The molecule has 0 radical (unpaired) electrons. The second-order valence-electron chi connectivity index (χ2n) is 3.77. The molecule has 4 nitrogen and oxygen atoms in total. The number of aromatic nitrogens is 2. The molecule has 0 aliphatic carbocycles. The van der Waals surface area contributed by atoms with Crippen molar-refractivity contribution in [3.63, 3.8) is 0 Å². The molecule has 1 aromatic heterocycles. The average Bonchev–Trinajstić information content (AvgIpc) is 2.33. The van der Waals surface area contributed by atoms with Crippen LogP contribution in [0, 0.1) is 0 Å². The van der Waals surface area contributed by atoms with Crippen molar-refractivity contribution in [3.8, 4) is 0 Å². The Balaban J connectivity index is 2.39. The molecule has 9 heteroatoms. The van der Waals surface area contributed by atoms with Crippen molar-refractivity contribution < 1.29 is 13.2 Å². The van der Waals surface area contributed by atoms with Crippen LogP contribution in [0.25, 0.3) is 0 Å². The maximum Gasteiger partial charge on any atom is 0.416 e. The van der Waals surface area contributed by atoms with E-state index in [-0.39, 0.29) is 22.3 Å². The number of nitrogens with one attached hydrogen (secondary N) is 1. The zero-order valence-corrected chi connectivity index (χ0v) is 12.0. The van der Waals surface area contributed by atoms with Gasteiger partial charge in [0.25, 0.3) is 0 Å². The minimum atomic E-state index is -4.48. The predicted molar refractivity (Wildman–Crippen MR) is 73.9 cm³/mol. The number of hydrogen-bond acceptors (Lipinski definition) is 4. The van der Waals surface area contributed by atoms with Gasteiger partial charge in [-0.3, -0.25) is 0 Å². The van der Waals surface area contributed by atoms with Crippen molar-refractivity contribution in [1.82, 2.24) is 9.97 Å². The number of nitrogens with zero attached hydrogens (tertiary/aromatic N) is 2. The van der Waals surface area contributed by atoms with Gasteiger partial charge in [-0.15, -0.1) is 0 Å². The highest BCUT2D eigenvalue weighted by atomic mass is 79.9. The van der Waals surface area contributed by atoms with Crippen molar-refractivity contribution in [2.45, 2.75) is 6.18 Å². The summed E-state index contributed by atoms with van der Waals surface area (Å²) in [6, 6.07) is 3.12. The smallest absolute Gasteiger partial charge is 0.383 e. The Morgan fingerprint density at radius 2 is 1.90 bits per heavy atom. The Labute approximate surface area is 125 Å². The molecule has 0 unspecified atom stereocenters. The highest BCUT2D eigenvalue weighted by Gasteiger charge is 2.31. The lowest BCUT2D eigenvalue weighted by Gasteiger charge is -2.12. The number of nitrogens with two attached hydrogens (primary N) is 1. The molecule has 20 heavy (non-hydrogen) atoms. The zero-order chi connectivity index (χ0) is 14.9. The van der Waals surface area contributed by atoms with Gasteiger partial charge in [-0.2, -0.15) is 13.2 Å². The second-order valence-corrected chi connectivity index (χ2v) is 5.00. The van der Waals surface area contributed by atoms with E-state index in [4.69, 9.17) is 17.3 Å². The van der Waals surface area contributed by atoms with Gasteiger partial charge < -0.3 is 11.1 Å². The number of anilines is 3. The van der Waals surface area contributed by atoms with E-state index in [0.717, 1.165) is 12.1 Å². The van der Waals surface area contributed by atoms with Crippen LogP contribution in [-0.4, -0.2) is 9.97 Å². The Morgan fingerprint density at radius 1 is 1.20 bits per heavy atom. The normalized spacial score (nSPS) is 11.4. The Kier molecular flexibility index (Phi) is 4.05. The Bertz CT molecular complexity index is 648. The van der Waals surface area contributed by atoms with Crippen molar-refractivity contribution in [3.05, 3.63) is 39.6 Å². The van der Waals surface area contributed by atoms with Crippen molar-refractivity contribution in [2.24, 2.45) is 0 Å². The van der Waals surface area contributed by atoms with E-state index in [1.165, 1.54) is 12.4 Å². The predicted octanol–water partition coefficient (Wildman–Crippen LogP) is 4.24. The topological polar surface area (TPSA) is 63.8 Å². The molecule has 0 spiro atoms. The summed E-state index contributed by atoms with van der Waals surface area (Å²) >= 11 is 8.83. The van der Waals surface area contributed by atoms with E-state index in [1.54, 1.807) is 0 Å². The van der Waals surface area contributed by atoms with E-state index in [2.05, 4.69) is 31.2 Å². The lowest BCUT2D eigenvalue weighted by Crippen LogP contribution is -2.06. The summed E-state index contributed by atoms with van der Waals surface area (Å²) in [6.07, 6.45) is -3.29. The average molecular weight is 368 g/mol. The van der Waals surface area contributed by atoms with Crippen molar-refractivity contribution in [1.29, 1.82) is 0 Å². The summed E-state index contributed by atoms with van der Waals surface area (Å²) in [6.45, 7) is 0. The molecule has 0 saturated carbocycles. The van der Waals surface area contributed by atoms with Gasteiger partial charge >= 0.3 is 6.18 Å². The number of hydrogen-bond donors (Lipinski definition) is 2. The van der Waals surface area contributed by atoms with E-state index in [1.807, 2.05) is 0 Å². The first kappa shape index (κ1) is 14.9. The molecular weight excluding hydrogens is 360 g/mol. The van der Waals surface area contributed by atoms with Gasteiger partial charge in [-0.05, 0) is 34.1 Å². The zero-order valence-electron chi connectivity index (χ0n) is 9.67. The SMILES string of the molecule is Nc1ncnc(Nc2cc(Cl)cc(C(F)(F)F)c2)c1Br. The fourth-order valence-corrected chi connectivity index (χ4v) is 1.97. The second kappa shape index (κ2) is 5.45. The van der Waals surface area contributed by atoms with Gasteiger partial charge in [0.2, 0.25) is 0 Å². The first-order valence-electron chi connectivity index (χ1n) is 5.18. The molecule has 2 rings (SSSR count). The summed E-state index contributed by atoms with van der Waals surface area (Å²) in [5.41, 5.74) is 4.85. The molecule has 0 aliphatic rings. The minimum Gasteiger partial charge on any atom is -0.383 e. The summed E-state index contributed by atoms with van der Waals surface area (Å²) in [4.78, 5) is 7.61. The fourth-order valence-electron chi connectivity index (χ4n) is 1.43. The standard InChI is InChI=1S/C11H7BrClF3N4/c12-8-9(17)18-4-19-10(8)20-7-2-5(11(14,15)16)1-6(13)3-7/h1-4H,(H3,17,18,19,20). The third-order valence-corrected chi connectivity index (χ3v) is 3.30. The monoisotopic (exact) mass is 366 g/mol. The van der Waals surface area contributed by atoms with Gasteiger partial charge in [0.15, 0.2) is 0 Å². The molecule has 0 saturated heterocycles. The van der Waals surface area contributed by atoms with Crippen LogP contribution in [-0.2, 0) is 6.18 Å². The number of rotatable bonds is 2. The summed E-state index contributed by atoms with van der Waals surface area (Å²) in [7, 11) is 0. The lowest BCUT2D eigenvalue weighted by atomic mass is 10.2. The number of alkyl halides is 3. The van der Waals surface area contributed by atoms with Crippen LogP contribution in [0.2, 0.25) is 5.02 Å². The maximum atomic E-state index is 12.7. The van der Waals surface area contributed by atoms with Crippen LogP contribution in [0.5, 0.6) is 0 Å². The van der Waals surface area contributed by atoms with Crippen LogP contribution in [0.15, 0.2) is 29.0 Å². The molecule has 0 fully saturated rings. The Morgan fingerprint density at radius 3 is 2.55 bits per heavy atom. The number of benzene rings is 1. The van der Waals surface area contributed by atoms with Crippen molar-refractivity contribution in [2.75, 3.05) is 11.1 Å². The molecular formula is C11H7BrClF3N4. The molecule has 0 amide bonds. The third kappa shape index (κ3) is 3.31. The highest BCUT2D eigenvalue weighted by molar-refractivity contribution is 9.10.